The number of aliphatic carboxylic acids is 1. The van der Waals surface area contributed by atoms with Gasteiger partial charge in [0.2, 0.25) is 0 Å². The Morgan fingerprint density at radius 2 is 1.96 bits per heavy atom. The van der Waals surface area contributed by atoms with E-state index < -0.39 is 5.97 Å². The van der Waals surface area contributed by atoms with E-state index in [1.165, 1.54) is 19.3 Å². The molecular formula is C19H24O5S2. The fraction of sp³-hybridized carbons (Fsp3) is 0.632. The van der Waals surface area contributed by atoms with Crippen LogP contribution in [-0.2, 0) is 8.87 Å². The molecule has 1 aliphatic carbocycles. The summed E-state index contributed by atoms with van der Waals surface area (Å²) in [5, 5.41) is 8.91. The largest absolute Gasteiger partial charge is 0.496 e. The van der Waals surface area contributed by atoms with Crippen molar-refractivity contribution in [2.45, 2.75) is 48.2 Å². The molecule has 2 aliphatic heterocycles. The molecule has 0 radical (unpaired) electrons. The first-order valence-electron chi connectivity index (χ1n) is 9.10. The maximum Gasteiger partial charge on any atom is 0.341 e. The summed E-state index contributed by atoms with van der Waals surface area (Å²) < 4.78 is 17.7. The standard InChI is InChI=1S/C19H24O5S2/c1-22-14-9-13(23-11-16(20)21)10-15-17(14)19(25-7-8-26-19)12-18(24-15)5-3-2-4-6-18/h9-10H,2-8,11-12H2,1H3,(H,20,21). The van der Waals surface area contributed by atoms with Gasteiger partial charge in [0.15, 0.2) is 6.61 Å². The Labute approximate surface area is 162 Å². The third kappa shape index (κ3) is 3.24. The number of carboxylic acid groups (broad SMARTS) is 1. The maximum absolute atomic E-state index is 10.9. The summed E-state index contributed by atoms with van der Waals surface area (Å²) in [6.07, 6.45) is 6.85. The smallest absolute Gasteiger partial charge is 0.341 e. The van der Waals surface area contributed by atoms with E-state index in [9.17, 15) is 4.79 Å². The van der Waals surface area contributed by atoms with Gasteiger partial charge < -0.3 is 19.3 Å². The Kier molecular flexibility index (Phi) is 4.94. The summed E-state index contributed by atoms with van der Waals surface area (Å²) in [5.41, 5.74) is 0.984. The van der Waals surface area contributed by atoms with Crippen molar-refractivity contribution in [3.05, 3.63) is 17.7 Å². The Morgan fingerprint density at radius 1 is 1.23 bits per heavy atom. The Bertz CT molecular complexity index is 693. The quantitative estimate of drug-likeness (QED) is 0.815. The summed E-state index contributed by atoms with van der Waals surface area (Å²) >= 11 is 4.00. The summed E-state index contributed by atoms with van der Waals surface area (Å²) in [6, 6.07) is 3.66. The van der Waals surface area contributed by atoms with Crippen molar-refractivity contribution in [1.82, 2.24) is 0 Å². The predicted octanol–water partition coefficient (Wildman–Crippen LogP) is 4.28. The van der Waals surface area contributed by atoms with Gasteiger partial charge in [0.25, 0.3) is 0 Å². The van der Waals surface area contributed by atoms with Crippen LogP contribution < -0.4 is 14.2 Å². The summed E-state index contributed by atoms with van der Waals surface area (Å²) in [4.78, 5) is 10.9. The first-order valence-corrected chi connectivity index (χ1v) is 11.1. The number of hydrogen-bond acceptors (Lipinski definition) is 6. The average molecular weight is 397 g/mol. The molecule has 142 valence electrons. The lowest BCUT2D eigenvalue weighted by Crippen LogP contribution is -2.46. The summed E-state index contributed by atoms with van der Waals surface area (Å²) in [6.45, 7) is -0.373. The van der Waals surface area contributed by atoms with Gasteiger partial charge in [0.1, 0.15) is 22.8 Å². The van der Waals surface area contributed by atoms with Gasteiger partial charge in [0, 0.05) is 30.1 Å². The number of hydrogen-bond donors (Lipinski definition) is 1. The van der Waals surface area contributed by atoms with Crippen molar-refractivity contribution in [3.8, 4) is 17.2 Å². The monoisotopic (exact) mass is 396 g/mol. The molecule has 3 aliphatic rings. The predicted molar refractivity (Wildman–Crippen MR) is 104 cm³/mol. The maximum atomic E-state index is 10.9. The number of carboxylic acids is 1. The van der Waals surface area contributed by atoms with Crippen LogP contribution in [0.1, 0.15) is 44.1 Å². The van der Waals surface area contributed by atoms with E-state index in [0.717, 1.165) is 47.8 Å². The fourth-order valence-corrected chi connectivity index (χ4v) is 7.95. The average Bonchev–Trinajstić information content (AvgIpc) is 3.07. The minimum absolute atomic E-state index is 0.0401. The molecule has 0 atom stereocenters. The van der Waals surface area contributed by atoms with Crippen molar-refractivity contribution < 1.29 is 24.1 Å². The highest BCUT2D eigenvalue weighted by molar-refractivity contribution is 8.20. The number of carbonyl (C=O) groups is 1. The van der Waals surface area contributed by atoms with Crippen LogP contribution in [0.4, 0.5) is 0 Å². The van der Waals surface area contributed by atoms with Gasteiger partial charge in [-0.3, -0.25) is 0 Å². The zero-order valence-corrected chi connectivity index (χ0v) is 16.5. The van der Waals surface area contributed by atoms with Crippen molar-refractivity contribution in [2.75, 3.05) is 25.2 Å². The van der Waals surface area contributed by atoms with E-state index in [1.54, 1.807) is 13.2 Å². The second kappa shape index (κ2) is 7.08. The number of thioether (sulfide) groups is 2. The van der Waals surface area contributed by atoms with Crippen molar-refractivity contribution >= 4 is 29.5 Å². The van der Waals surface area contributed by atoms with Crippen LogP contribution in [0.2, 0.25) is 0 Å². The van der Waals surface area contributed by atoms with E-state index in [2.05, 4.69) is 0 Å². The molecule has 4 rings (SSSR count). The number of fused-ring (bicyclic) bond motifs is 2. The van der Waals surface area contributed by atoms with E-state index in [0.29, 0.717) is 5.75 Å². The number of rotatable bonds is 4. The third-order valence-corrected chi connectivity index (χ3v) is 8.81. The molecule has 26 heavy (non-hydrogen) atoms. The van der Waals surface area contributed by atoms with Gasteiger partial charge in [-0.1, -0.05) is 6.42 Å². The van der Waals surface area contributed by atoms with E-state index >= 15 is 0 Å². The normalized spacial score (nSPS) is 22.7. The van der Waals surface area contributed by atoms with Crippen molar-refractivity contribution in [3.63, 3.8) is 0 Å². The molecule has 0 bridgehead atoms. The molecule has 1 aromatic carbocycles. The van der Waals surface area contributed by atoms with E-state index in [4.69, 9.17) is 19.3 Å². The van der Waals surface area contributed by atoms with E-state index in [1.807, 2.05) is 29.6 Å². The number of ether oxygens (including phenoxy) is 3. The highest BCUT2D eigenvalue weighted by Gasteiger charge is 2.53. The zero-order chi connectivity index (χ0) is 18.2. The van der Waals surface area contributed by atoms with Crippen molar-refractivity contribution in [1.29, 1.82) is 0 Å². The Balaban J connectivity index is 1.77. The molecule has 1 saturated carbocycles. The second-order valence-electron chi connectivity index (χ2n) is 7.15. The van der Waals surface area contributed by atoms with Gasteiger partial charge in [-0.2, -0.15) is 0 Å². The SMILES string of the molecule is COc1cc(OCC(=O)O)cc2c1C1(CC3(CCCCC3)O2)SCCS1. The molecule has 2 fully saturated rings. The molecular weight excluding hydrogens is 372 g/mol. The lowest BCUT2D eigenvalue weighted by atomic mass is 9.78. The summed E-state index contributed by atoms with van der Waals surface area (Å²) in [7, 11) is 1.65. The molecule has 5 nitrogen and oxygen atoms in total. The van der Waals surface area contributed by atoms with Crippen LogP contribution in [0, 0.1) is 0 Å². The molecule has 0 aromatic heterocycles. The molecule has 1 aromatic rings. The zero-order valence-electron chi connectivity index (χ0n) is 14.9. The minimum atomic E-state index is -0.996. The Hall–Kier alpha value is -1.21. The highest BCUT2D eigenvalue weighted by atomic mass is 32.2. The third-order valence-electron chi connectivity index (χ3n) is 5.40. The molecule has 0 amide bonds. The van der Waals surface area contributed by atoms with Crippen LogP contribution in [0.3, 0.4) is 0 Å². The first-order chi connectivity index (χ1) is 12.6. The molecule has 7 heteroatoms. The molecule has 2 spiro atoms. The van der Waals surface area contributed by atoms with Gasteiger partial charge >= 0.3 is 5.97 Å². The van der Waals surface area contributed by atoms with Crippen LogP contribution >= 0.6 is 23.5 Å². The highest BCUT2D eigenvalue weighted by Crippen LogP contribution is 2.65. The van der Waals surface area contributed by atoms with Crippen LogP contribution in [0.15, 0.2) is 12.1 Å². The molecule has 1 N–H and O–H groups in total. The minimum Gasteiger partial charge on any atom is -0.496 e. The van der Waals surface area contributed by atoms with Crippen LogP contribution in [-0.4, -0.2) is 41.9 Å². The van der Waals surface area contributed by atoms with Gasteiger partial charge in [-0.15, -0.1) is 23.5 Å². The van der Waals surface area contributed by atoms with Crippen LogP contribution in [0.5, 0.6) is 17.2 Å². The number of benzene rings is 1. The van der Waals surface area contributed by atoms with E-state index in [-0.39, 0.29) is 16.3 Å². The topological polar surface area (TPSA) is 65.0 Å². The van der Waals surface area contributed by atoms with Crippen LogP contribution in [0.25, 0.3) is 0 Å². The first kappa shape index (κ1) is 18.2. The van der Waals surface area contributed by atoms with Gasteiger partial charge in [-0.25, -0.2) is 4.79 Å². The Morgan fingerprint density at radius 3 is 2.62 bits per heavy atom. The van der Waals surface area contributed by atoms with Gasteiger partial charge in [-0.05, 0) is 25.7 Å². The summed E-state index contributed by atoms with van der Waals surface area (Å²) in [5.74, 6) is 3.28. The van der Waals surface area contributed by atoms with Gasteiger partial charge in [0.05, 0.1) is 16.8 Å². The lowest BCUT2D eigenvalue weighted by Gasteiger charge is -2.48. The molecule has 0 unspecified atom stereocenters. The molecule has 2 heterocycles. The van der Waals surface area contributed by atoms with Crippen molar-refractivity contribution in [2.24, 2.45) is 0 Å². The molecule has 1 saturated heterocycles. The number of methoxy groups -OCH3 is 1. The lowest BCUT2D eigenvalue weighted by molar-refractivity contribution is -0.139. The second-order valence-corrected chi connectivity index (χ2v) is 10.2. The fourth-order valence-electron chi connectivity index (χ4n) is 4.37.